The first-order chi connectivity index (χ1) is 7.54. The van der Waals surface area contributed by atoms with Crippen LogP contribution in [-0.4, -0.2) is 6.18 Å². The van der Waals surface area contributed by atoms with Crippen LogP contribution in [0.1, 0.15) is 25.3 Å². The maximum Gasteiger partial charge on any atom is 0.412 e. The highest BCUT2D eigenvalue weighted by Crippen LogP contribution is 2.29. The van der Waals surface area contributed by atoms with Crippen molar-refractivity contribution in [2.24, 2.45) is 0 Å². The van der Waals surface area contributed by atoms with Crippen molar-refractivity contribution >= 4 is 0 Å². The first-order valence-electron chi connectivity index (χ1n) is 5.34. The smallest absolute Gasteiger partial charge is 0.166 e. The van der Waals surface area contributed by atoms with Gasteiger partial charge in [0.1, 0.15) is 0 Å². The van der Waals surface area contributed by atoms with E-state index in [1.165, 1.54) is 6.08 Å². The lowest BCUT2D eigenvalue weighted by Crippen LogP contribution is -2.12. The average Bonchev–Trinajstić information content (AvgIpc) is 2.24. The van der Waals surface area contributed by atoms with Gasteiger partial charge in [0.05, 0.1) is 0 Å². The van der Waals surface area contributed by atoms with Crippen LogP contribution in [0.2, 0.25) is 0 Å². The molecule has 3 heteroatoms. The Balaban J connectivity index is 2.62. The zero-order valence-corrected chi connectivity index (χ0v) is 9.22. The SMILES string of the molecule is CCC=C(CCc1ccccc1)C(F)(F)F. The Bertz CT molecular complexity index is 336. The molecule has 0 bridgehead atoms. The Hall–Kier alpha value is -1.25. The van der Waals surface area contributed by atoms with Crippen molar-refractivity contribution < 1.29 is 13.2 Å². The van der Waals surface area contributed by atoms with Crippen LogP contribution in [0.3, 0.4) is 0 Å². The monoisotopic (exact) mass is 228 g/mol. The number of benzene rings is 1. The number of halogens is 3. The van der Waals surface area contributed by atoms with Crippen molar-refractivity contribution in [3.05, 3.63) is 47.5 Å². The van der Waals surface area contributed by atoms with E-state index in [2.05, 4.69) is 0 Å². The molecule has 0 fully saturated rings. The first-order valence-corrected chi connectivity index (χ1v) is 5.34. The Morgan fingerprint density at radius 1 is 1.19 bits per heavy atom. The van der Waals surface area contributed by atoms with E-state index in [0.717, 1.165) is 5.56 Å². The lowest BCUT2D eigenvalue weighted by Gasteiger charge is -2.11. The Kier molecular flexibility index (Phi) is 4.59. The molecule has 0 saturated heterocycles. The van der Waals surface area contributed by atoms with Crippen LogP contribution in [0.4, 0.5) is 13.2 Å². The minimum atomic E-state index is -4.19. The minimum absolute atomic E-state index is 0.0569. The molecular formula is C13H15F3. The number of hydrogen-bond acceptors (Lipinski definition) is 0. The van der Waals surface area contributed by atoms with Gasteiger partial charge in [-0.25, -0.2) is 0 Å². The summed E-state index contributed by atoms with van der Waals surface area (Å²) in [5.41, 5.74) is 0.521. The molecule has 16 heavy (non-hydrogen) atoms. The Morgan fingerprint density at radius 3 is 2.31 bits per heavy atom. The molecule has 0 saturated carbocycles. The molecule has 1 aromatic rings. The molecule has 0 aliphatic heterocycles. The predicted molar refractivity (Wildman–Crippen MR) is 59.2 cm³/mol. The van der Waals surface area contributed by atoms with Gasteiger partial charge in [-0.05, 0) is 24.8 Å². The maximum absolute atomic E-state index is 12.5. The third kappa shape index (κ3) is 4.09. The van der Waals surface area contributed by atoms with Gasteiger partial charge in [-0.15, -0.1) is 0 Å². The fourth-order valence-corrected chi connectivity index (χ4v) is 1.53. The Morgan fingerprint density at radius 2 is 1.81 bits per heavy atom. The standard InChI is InChI=1S/C13H15F3/c1-2-6-12(13(14,15)16)10-9-11-7-4-3-5-8-11/h3-8H,2,9-10H2,1H3. The van der Waals surface area contributed by atoms with Gasteiger partial charge in [-0.3, -0.25) is 0 Å². The number of aryl methyl sites for hydroxylation is 1. The summed E-state index contributed by atoms with van der Waals surface area (Å²) >= 11 is 0. The zero-order chi connectivity index (χ0) is 12.0. The van der Waals surface area contributed by atoms with Crippen LogP contribution >= 0.6 is 0 Å². The third-order valence-corrected chi connectivity index (χ3v) is 2.34. The van der Waals surface area contributed by atoms with Crippen LogP contribution in [0.15, 0.2) is 42.0 Å². The van der Waals surface area contributed by atoms with Crippen LogP contribution < -0.4 is 0 Å². The molecule has 0 unspecified atom stereocenters. The van der Waals surface area contributed by atoms with E-state index >= 15 is 0 Å². The highest BCUT2D eigenvalue weighted by atomic mass is 19.4. The van der Waals surface area contributed by atoms with E-state index in [9.17, 15) is 13.2 Å². The lowest BCUT2D eigenvalue weighted by atomic mass is 10.0. The summed E-state index contributed by atoms with van der Waals surface area (Å²) in [5, 5.41) is 0. The van der Waals surface area contributed by atoms with E-state index in [0.29, 0.717) is 12.8 Å². The van der Waals surface area contributed by atoms with Crippen LogP contribution in [0, 0.1) is 0 Å². The molecule has 1 aromatic carbocycles. The molecule has 0 radical (unpaired) electrons. The molecule has 0 atom stereocenters. The summed E-state index contributed by atoms with van der Waals surface area (Å²) in [4.78, 5) is 0. The van der Waals surface area contributed by atoms with Gasteiger partial charge >= 0.3 is 6.18 Å². The number of hydrogen-bond donors (Lipinski definition) is 0. The number of allylic oxidation sites excluding steroid dienone is 2. The molecule has 0 heterocycles. The van der Waals surface area contributed by atoms with Crippen molar-refractivity contribution in [2.75, 3.05) is 0 Å². The molecule has 0 aliphatic carbocycles. The van der Waals surface area contributed by atoms with Gasteiger partial charge in [0.15, 0.2) is 0 Å². The average molecular weight is 228 g/mol. The Labute approximate surface area is 93.8 Å². The lowest BCUT2D eigenvalue weighted by molar-refractivity contribution is -0.0941. The second kappa shape index (κ2) is 5.73. The van der Waals surface area contributed by atoms with Crippen molar-refractivity contribution in [2.45, 2.75) is 32.4 Å². The largest absolute Gasteiger partial charge is 0.412 e. The molecule has 0 aliphatic rings. The number of alkyl halides is 3. The highest BCUT2D eigenvalue weighted by Gasteiger charge is 2.32. The molecular weight excluding hydrogens is 213 g/mol. The molecule has 0 spiro atoms. The van der Waals surface area contributed by atoms with Gasteiger partial charge in [-0.2, -0.15) is 13.2 Å². The summed E-state index contributed by atoms with van der Waals surface area (Å²) in [6.07, 6.45) is -2.01. The summed E-state index contributed by atoms with van der Waals surface area (Å²) in [6, 6.07) is 9.23. The molecule has 0 nitrogen and oxygen atoms in total. The molecule has 88 valence electrons. The molecule has 1 rings (SSSR count). The van der Waals surface area contributed by atoms with E-state index in [4.69, 9.17) is 0 Å². The van der Waals surface area contributed by atoms with Crippen LogP contribution in [0.25, 0.3) is 0 Å². The summed E-state index contributed by atoms with van der Waals surface area (Å²) < 4.78 is 37.6. The van der Waals surface area contributed by atoms with E-state index < -0.39 is 11.7 Å². The van der Waals surface area contributed by atoms with E-state index in [1.807, 2.05) is 30.3 Å². The maximum atomic E-state index is 12.5. The van der Waals surface area contributed by atoms with Gasteiger partial charge in [0, 0.05) is 5.57 Å². The first kappa shape index (κ1) is 12.8. The normalized spacial score (nSPS) is 12.9. The van der Waals surface area contributed by atoms with Crippen molar-refractivity contribution in [3.8, 4) is 0 Å². The molecule has 0 aromatic heterocycles. The minimum Gasteiger partial charge on any atom is -0.166 e. The summed E-state index contributed by atoms with van der Waals surface area (Å²) in [5.74, 6) is 0. The second-order valence-corrected chi connectivity index (χ2v) is 3.62. The van der Waals surface area contributed by atoms with Gasteiger partial charge < -0.3 is 0 Å². The van der Waals surface area contributed by atoms with Gasteiger partial charge in [0.2, 0.25) is 0 Å². The molecule has 0 N–H and O–H groups in total. The third-order valence-electron chi connectivity index (χ3n) is 2.34. The number of rotatable bonds is 4. The van der Waals surface area contributed by atoms with E-state index in [-0.39, 0.29) is 6.42 Å². The van der Waals surface area contributed by atoms with Gasteiger partial charge in [0.25, 0.3) is 0 Å². The topological polar surface area (TPSA) is 0 Å². The van der Waals surface area contributed by atoms with Crippen molar-refractivity contribution in [3.63, 3.8) is 0 Å². The van der Waals surface area contributed by atoms with Crippen molar-refractivity contribution in [1.82, 2.24) is 0 Å². The predicted octanol–water partition coefficient (Wildman–Crippen LogP) is 4.52. The van der Waals surface area contributed by atoms with Crippen molar-refractivity contribution in [1.29, 1.82) is 0 Å². The van der Waals surface area contributed by atoms with E-state index in [1.54, 1.807) is 6.92 Å². The highest BCUT2D eigenvalue weighted by molar-refractivity contribution is 5.18. The second-order valence-electron chi connectivity index (χ2n) is 3.62. The van der Waals surface area contributed by atoms with Crippen LogP contribution in [-0.2, 0) is 6.42 Å². The zero-order valence-electron chi connectivity index (χ0n) is 9.22. The summed E-state index contributed by atoms with van der Waals surface area (Å²) in [6.45, 7) is 1.72. The fourth-order valence-electron chi connectivity index (χ4n) is 1.53. The van der Waals surface area contributed by atoms with Gasteiger partial charge in [-0.1, -0.05) is 43.3 Å². The summed E-state index contributed by atoms with van der Waals surface area (Å²) in [7, 11) is 0. The fraction of sp³-hybridized carbons (Fsp3) is 0.385. The van der Waals surface area contributed by atoms with Crippen LogP contribution in [0.5, 0.6) is 0 Å². The quantitative estimate of drug-likeness (QED) is 0.665. The molecule has 0 amide bonds.